The van der Waals surface area contributed by atoms with Crippen LogP contribution in [0.3, 0.4) is 0 Å². The number of pyridine rings is 2. The quantitative estimate of drug-likeness (QED) is 0.600. The highest BCUT2D eigenvalue weighted by molar-refractivity contribution is 5.81. The highest BCUT2D eigenvalue weighted by Crippen LogP contribution is 2.21. The summed E-state index contributed by atoms with van der Waals surface area (Å²) in [5.41, 5.74) is 0.819. The molecule has 26 heavy (non-hydrogen) atoms. The monoisotopic (exact) mass is 355 g/mol. The second-order valence-corrected chi connectivity index (χ2v) is 5.63. The average molecular weight is 355 g/mol. The largest absolute Gasteiger partial charge is 0.322 e. The maximum atomic E-state index is 13.9. The number of aromatic nitrogens is 4. The van der Waals surface area contributed by atoms with Crippen LogP contribution in [0.25, 0.3) is 10.9 Å². The molecule has 0 saturated carbocycles. The lowest BCUT2D eigenvalue weighted by molar-refractivity contribution is 0.570. The van der Waals surface area contributed by atoms with Gasteiger partial charge in [0.25, 0.3) is 0 Å². The number of hydrogen-bond acceptors (Lipinski definition) is 4. The Morgan fingerprint density at radius 1 is 0.962 bits per heavy atom. The van der Waals surface area contributed by atoms with Crippen molar-refractivity contribution in [2.45, 2.75) is 6.54 Å². The van der Waals surface area contributed by atoms with Gasteiger partial charge in [0.1, 0.15) is 17.5 Å². The van der Waals surface area contributed by atoms with E-state index in [0.717, 1.165) is 18.2 Å². The molecule has 5 nitrogen and oxygen atoms in total. The molecule has 0 saturated heterocycles. The second-order valence-electron chi connectivity index (χ2n) is 5.63. The summed E-state index contributed by atoms with van der Waals surface area (Å²) in [5.74, 6) is -1.14. The predicted molar refractivity (Wildman–Crippen MR) is 90.5 cm³/mol. The lowest BCUT2D eigenvalue weighted by Gasteiger charge is -2.08. The normalized spacial score (nSPS) is 11.0. The van der Waals surface area contributed by atoms with Crippen molar-refractivity contribution < 1.29 is 13.2 Å². The van der Waals surface area contributed by atoms with E-state index in [-0.39, 0.29) is 17.9 Å². The highest BCUT2D eigenvalue weighted by Gasteiger charge is 2.11. The molecule has 0 unspecified atom stereocenters. The van der Waals surface area contributed by atoms with Gasteiger partial charge in [0, 0.05) is 29.4 Å². The summed E-state index contributed by atoms with van der Waals surface area (Å²) in [4.78, 5) is 8.10. The van der Waals surface area contributed by atoms with E-state index in [9.17, 15) is 13.2 Å². The maximum Gasteiger partial charge on any atom is 0.167 e. The molecule has 1 N–H and O–H groups in total. The fraction of sp³-hybridized carbons (Fsp3) is 0.0556. The summed E-state index contributed by atoms with van der Waals surface area (Å²) in [6.07, 6.45) is 4.59. The van der Waals surface area contributed by atoms with Gasteiger partial charge in [-0.3, -0.25) is 4.68 Å². The third-order valence-corrected chi connectivity index (χ3v) is 3.86. The van der Waals surface area contributed by atoms with Crippen LogP contribution in [0.5, 0.6) is 0 Å². The lowest BCUT2D eigenvalue weighted by atomic mass is 10.2. The number of halogens is 3. The Balaban J connectivity index is 1.68. The molecule has 4 rings (SSSR count). The first-order chi connectivity index (χ1) is 12.6. The number of benzene rings is 1. The molecule has 0 bridgehead atoms. The molecule has 0 aliphatic carbocycles. The topological polar surface area (TPSA) is 55.6 Å². The van der Waals surface area contributed by atoms with Gasteiger partial charge in [0.15, 0.2) is 11.6 Å². The average Bonchev–Trinajstić information content (AvgIpc) is 3.02. The van der Waals surface area contributed by atoms with E-state index in [4.69, 9.17) is 0 Å². The first-order valence-corrected chi connectivity index (χ1v) is 7.73. The van der Waals surface area contributed by atoms with Gasteiger partial charge in [-0.15, -0.1) is 0 Å². The van der Waals surface area contributed by atoms with Crippen LogP contribution >= 0.6 is 0 Å². The zero-order chi connectivity index (χ0) is 18.1. The summed E-state index contributed by atoms with van der Waals surface area (Å²) in [6.45, 7) is 0.0501. The van der Waals surface area contributed by atoms with Crippen LogP contribution in [0, 0.1) is 17.5 Å². The highest BCUT2D eigenvalue weighted by atomic mass is 19.1. The minimum Gasteiger partial charge on any atom is -0.322 e. The van der Waals surface area contributed by atoms with E-state index >= 15 is 0 Å². The number of fused-ring (bicyclic) bond motifs is 1. The van der Waals surface area contributed by atoms with Crippen molar-refractivity contribution in [3.8, 4) is 0 Å². The van der Waals surface area contributed by atoms with Crippen molar-refractivity contribution >= 4 is 22.5 Å². The molecule has 0 aliphatic heterocycles. The number of nitrogens with one attached hydrogen (secondary N) is 1. The van der Waals surface area contributed by atoms with Gasteiger partial charge in [-0.05, 0) is 30.3 Å². The zero-order valence-corrected chi connectivity index (χ0v) is 13.3. The van der Waals surface area contributed by atoms with Crippen molar-refractivity contribution in [1.82, 2.24) is 19.7 Å². The van der Waals surface area contributed by atoms with Crippen LogP contribution in [0.2, 0.25) is 0 Å². The van der Waals surface area contributed by atoms with Crippen LogP contribution in [-0.2, 0) is 6.54 Å². The van der Waals surface area contributed by atoms with E-state index in [1.165, 1.54) is 23.0 Å². The Hall–Kier alpha value is -3.42. The Labute approximate surface area is 146 Å². The molecular formula is C18H12F3N5. The number of hydrogen-bond donors (Lipinski definition) is 1. The first-order valence-electron chi connectivity index (χ1n) is 7.73. The Morgan fingerprint density at radius 3 is 2.69 bits per heavy atom. The van der Waals surface area contributed by atoms with E-state index in [0.29, 0.717) is 16.7 Å². The molecule has 0 aliphatic rings. The summed E-state index contributed by atoms with van der Waals surface area (Å²) in [6, 6.07) is 7.69. The van der Waals surface area contributed by atoms with Crippen molar-refractivity contribution in [2.24, 2.45) is 0 Å². The third-order valence-electron chi connectivity index (χ3n) is 3.86. The standard InChI is InChI=1S/C18H12F3N5/c19-13-3-4-14(20)11(6-13)10-26-16-7-17(23-8-12(16)9-24-26)25-18-15(21)2-1-5-22-18/h1-9H,10H2,(H,22,23,25). The van der Waals surface area contributed by atoms with Crippen molar-refractivity contribution in [3.05, 3.63) is 78.0 Å². The van der Waals surface area contributed by atoms with Gasteiger partial charge < -0.3 is 5.32 Å². The first kappa shape index (κ1) is 16.1. The smallest absolute Gasteiger partial charge is 0.167 e. The van der Waals surface area contributed by atoms with Gasteiger partial charge in [-0.1, -0.05) is 0 Å². The summed E-state index contributed by atoms with van der Waals surface area (Å²) >= 11 is 0. The van der Waals surface area contributed by atoms with Gasteiger partial charge in [-0.25, -0.2) is 23.1 Å². The SMILES string of the molecule is Fc1ccc(F)c(Cn2ncc3cnc(Nc4ncccc4F)cc32)c1. The van der Waals surface area contributed by atoms with Crippen LogP contribution in [0.4, 0.5) is 24.8 Å². The number of anilines is 2. The molecule has 4 aromatic rings. The van der Waals surface area contributed by atoms with Gasteiger partial charge in [0.2, 0.25) is 0 Å². The van der Waals surface area contributed by atoms with Gasteiger partial charge in [0.05, 0.1) is 18.3 Å². The number of nitrogens with zero attached hydrogens (tertiary/aromatic N) is 4. The molecule has 8 heteroatoms. The van der Waals surface area contributed by atoms with Crippen molar-refractivity contribution in [1.29, 1.82) is 0 Å². The Bertz CT molecular complexity index is 1090. The zero-order valence-electron chi connectivity index (χ0n) is 13.3. The summed E-state index contributed by atoms with van der Waals surface area (Å²) < 4.78 is 42.5. The molecule has 130 valence electrons. The van der Waals surface area contributed by atoms with Crippen molar-refractivity contribution in [3.63, 3.8) is 0 Å². The van der Waals surface area contributed by atoms with E-state index < -0.39 is 17.5 Å². The second kappa shape index (κ2) is 6.47. The third kappa shape index (κ3) is 3.08. The van der Waals surface area contributed by atoms with Gasteiger partial charge in [-0.2, -0.15) is 5.10 Å². The minimum absolute atomic E-state index is 0.0431. The molecular weight excluding hydrogens is 343 g/mol. The van der Waals surface area contributed by atoms with E-state index in [1.54, 1.807) is 18.5 Å². The number of rotatable bonds is 4. The van der Waals surface area contributed by atoms with Crippen LogP contribution < -0.4 is 5.32 Å². The summed E-state index contributed by atoms with van der Waals surface area (Å²) in [7, 11) is 0. The lowest BCUT2D eigenvalue weighted by Crippen LogP contribution is -2.05. The molecule has 0 atom stereocenters. The summed E-state index contributed by atoms with van der Waals surface area (Å²) in [5, 5.41) is 7.71. The molecule has 1 aromatic carbocycles. The maximum absolute atomic E-state index is 13.9. The van der Waals surface area contributed by atoms with Crippen molar-refractivity contribution in [2.75, 3.05) is 5.32 Å². The van der Waals surface area contributed by atoms with E-state index in [1.807, 2.05) is 0 Å². The van der Waals surface area contributed by atoms with Crippen LogP contribution in [0.15, 0.2) is 55.0 Å². The molecule has 0 radical (unpaired) electrons. The Kier molecular flexibility index (Phi) is 4.00. The molecule has 0 fully saturated rings. The van der Waals surface area contributed by atoms with E-state index in [2.05, 4.69) is 20.4 Å². The molecule has 0 amide bonds. The minimum atomic E-state index is -0.521. The Morgan fingerprint density at radius 2 is 1.85 bits per heavy atom. The molecule has 3 heterocycles. The van der Waals surface area contributed by atoms with Gasteiger partial charge >= 0.3 is 0 Å². The fourth-order valence-corrected chi connectivity index (χ4v) is 2.59. The van der Waals surface area contributed by atoms with Crippen LogP contribution in [-0.4, -0.2) is 19.7 Å². The predicted octanol–water partition coefficient (Wildman–Crippen LogP) is 4.04. The fourth-order valence-electron chi connectivity index (χ4n) is 2.59. The molecule has 3 aromatic heterocycles. The molecule has 0 spiro atoms. The van der Waals surface area contributed by atoms with Crippen LogP contribution in [0.1, 0.15) is 5.56 Å².